The van der Waals surface area contributed by atoms with E-state index in [0.717, 1.165) is 27.5 Å². The minimum absolute atomic E-state index is 1.04. The Morgan fingerprint density at radius 1 is 0.340 bits per heavy atom. The van der Waals surface area contributed by atoms with Gasteiger partial charge in [-0.3, -0.25) is 0 Å². The molecule has 0 unspecified atom stereocenters. The van der Waals surface area contributed by atoms with Gasteiger partial charge in [-0.05, 0) is 95.1 Å². The fraction of sp³-hybridized carbons (Fsp3) is 0. The Morgan fingerprint density at radius 3 is 1.55 bits per heavy atom. The van der Waals surface area contributed by atoms with E-state index in [1.54, 1.807) is 11.3 Å². The number of nitrogens with zero attached hydrogens (tertiary/aromatic N) is 3. The van der Waals surface area contributed by atoms with Crippen molar-refractivity contribution in [3.8, 4) is 44.2 Å². The van der Waals surface area contributed by atoms with Gasteiger partial charge in [0, 0.05) is 38.5 Å². The number of hydrogen-bond donors (Lipinski definition) is 0. The molecule has 3 nitrogen and oxygen atoms in total. The summed E-state index contributed by atoms with van der Waals surface area (Å²) < 4.78 is 5.99. The normalized spacial score (nSPS) is 11.8. The van der Waals surface area contributed by atoms with E-state index in [2.05, 4.69) is 197 Å². The molecular formula is C49H31N3S. The average molecular weight is 694 g/mol. The fourth-order valence-electron chi connectivity index (χ4n) is 8.07. The number of benzene rings is 8. The minimum Gasteiger partial charge on any atom is -0.309 e. The van der Waals surface area contributed by atoms with Crippen LogP contribution in [0.2, 0.25) is 0 Å². The largest absolute Gasteiger partial charge is 0.309 e. The molecule has 4 heteroatoms. The molecule has 0 saturated carbocycles. The van der Waals surface area contributed by atoms with Crippen LogP contribution in [0.3, 0.4) is 0 Å². The van der Waals surface area contributed by atoms with Crippen molar-refractivity contribution in [1.82, 2.24) is 14.1 Å². The second kappa shape index (κ2) is 11.9. The monoisotopic (exact) mass is 693 g/mol. The SMILES string of the molecule is c1ccc(-c2ccc(-n3c4ccccc4c4cc(-c5ccc6c(c5)c5ccccc5n6-c5cccc(-c6nc7ccccc7s6)c5)ccc43)cc2)cc1. The summed E-state index contributed by atoms with van der Waals surface area (Å²) in [7, 11) is 0. The smallest absolute Gasteiger partial charge is 0.124 e. The Hall–Kier alpha value is -6.75. The fourth-order valence-corrected chi connectivity index (χ4v) is 9.03. The van der Waals surface area contributed by atoms with Crippen LogP contribution < -0.4 is 0 Å². The molecule has 11 aromatic rings. The van der Waals surface area contributed by atoms with Gasteiger partial charge in [-0.1, -0.05) is 115 Å². The van der Waals surface area contributed by atoms with Crippen LogP contribution in [0.4, 0.5) is 0 Å². The van der Waals surface area contributed by atoms with Crippen molar-refractivity contribution in [2.24, 2.45) is 0 Å². The van der Waals surface area contributed by atoms with Crippen molar-refractivity contribution in [1.29, 1.82) is 0 Å². The molecule has 0 amide bonds. The topological polar surface area (TPSA) is 22.8 Å². The van der Waals surface area contributed by atoms with Gasteiger partial charge in [0.15, 0.2) is 0 Å². The molecule has 0 N–H and O–H groups in total. The van der Waals surface area contributed by atoms with E-state index in [1.165, 1.54) is 70.6 Å². The van der Waals surface area contributed by atoms with E-state index in [1.807, 2.05) is 0 Å². The zero-order chi connectivity index (χ0) is 34.9. The Kier molecular flexibility index (Phi) is 6.73. The molecule has 0 atom stereocenters. The highest BCUT2D eigenvalue weighted by atomic mass is 32.1. The highest BCUT2D eigenvalue weighted by Crippen LogP contribution is 2.39. The molecule has 0 spiro atoms. The summed E-state index contributed by atoms with van der Waals surface area (Å²) in [6.45, 7) is 0. The second-order valence-corrected chi connectivity index (χ2v) is 14.6. The molecule has 248 valence electrons. The summed E-state index contributed by atoms with van der Waals surface area (Å²) in [6.07, 6.45) is 0. The molecule has 53 heavy (non-hydrogen) atoms. The summed E-state index contributed by atoms with van der Waals surface area (Å²) in [5, 5.41) is 6.02. The molecule has 0 radical (unpaired) electrons. The van der Waals surface area contributed by atoms with E-state index >= 15 is 0 Å². The molecular weight excluding hydrogens is 663 g/mol. The zero-order valence-electron chi connectivity index (χ0n) is 28.6. The first-order valence-corrected chi connectivity index (χ1v) is 18.8. The Labute approximate surface area is 310 Å². The maximum absolute atomic E-state index is 4.96. The Bertz CT molecular complexity index is 3130. The van der Waals surface area contributed by atoms with E-state index in [0.29, 0.717) is 0 Å². The van der Waals surface area contributed by atoms with Crippen LogP contribution in [0.15, 0.2) is 188 Å². The van der Waals surface area contributed by atoms with Gasteiger partial charge >= 0.3 is 0 Å². The van der Waals surface area contributed by atoms with Crippen molar-refractivity contribution in [3.63, 3.8) is 0 Å². The molecule has 3 aromatic heterocycles. The van der Waals surface area contributed by atoms with Gasteiger partial charge in [-0.25, -0.2) is 4.98 Å². The van der Waals surface area contributed by atoms with Crippen LogP contribution in [-0.4, -0.2) is 14.1 Å². The predicted octanol–water partition coefficient (Wildman–Crippen LogP) is 13.5. The highest BCUT2D eigenvalue weighted by molar-refractivity contribution is 7.21. The number of rotatable bonds is 5. The lowest BCUT2D eigenvalue weighted by Crippen LogP contribution is -1.94. The van der Waals surface area contributed by atoms with Crippen LogP contribution in [0.1, 0.15) is 0 Å². The third kappa shape index (κ3) is 4.84. The third-order valence-electron chi connectivity index (χ3n) is 10.6. The number of hydrogen-bond acceptors (Lipinski definition) is 2. The lowest BCUT2D eigenvalue weighted by atomic mass is 10.0. The molecule has 0 fully saturated rings. The second-order valence-electron chi connectivity index (χ2n) is 13.6. The molecule has 0 bridgehead atoms. The molecule has 0 aliphatic heterocycles. The maximum atomic E-state index is 4.96. The summed E-state index contributed by atoms with van der Waals surface area (Å²) >= 11 is 1.74. The lowest BCUT2D eigenvalue weighted by molar-refractivity contribution is 1.18. The van der Waals surface area contributed by atoms with Crippen molar-refractivity contribution < 1.29 is 0 Å². The van der Waals surface area contributed by atoms with Gasteiger partial charge in [-0.15, -0.1) is 11.3 Å². The quantitative estimate of drug-likeness (QED) is 0.176. The molecule has 0 aliphatic carbocycles. The molecule has 3 heterocycles. The summed E-state index contributed by atoms with van der Waals surface area (Å²) in [5.41, 5.74) is 14.1. The van der Waals surface area contributed by atoms with Gasteiger partial charge in [0.05, 0.1) is 32.3 Å². The van der Waals surface area contributed by atoms with Crippen molar-refractivity contribution in [3.05, 3.63) is 188 Å². The lowest BCUT2D eigenvalue weighted by Gasteiger charge is -2.10. The zero-order valence-corrected chi connectivity index (χ0v) is 29.5. The maximum Gasteiger partial charge on any atom is 0.124 e. The van der Waals surface area contributed by atoms with Crippen LogP contribution in [0.25, 0.3) is 98.0 Å². The molecule has 8 aromatic carbocycles. The first kappa shape index (κ1) is 29.9. The van der Waals surface area contributed by atoms with Crippen LogP contribution in [0.5, 0.6) is 0 Å². The van der Waals surface area contributed by atoms with E-state index < -0.39 is 0 Å². The first-order chi connectivity index (χ1) is 26.3. The standard InChI is InChI=1S/C49H31N3S/c1-2-11-32(12-3-1)33-21-25-37(26-22-33)51-44-18-7-4-15-39(44)41-30-34(23-27-46(41)51)35-24-28-47-42(31-35)40-16-5-8-19-45(40)52(47)38-14-10-13-36(29-38)49-50-43-17-6-9-20-48(43)53-49/h1-31H. The van der Waals surface area contributed by atoms with Crippen molar-refractivity contribution in [2.75, 3.05) is 0 Å². The minimum atomic E-state index is 1.04. The number of para-hydroxylation sites is 3. The van der Waals surface area contributed by atoms with Crippen LogP contribution in [-0.2, 0) is 0 Å². The van der Waals surface area contributed by atoms with E-state index in [4.69, 9.17) is 4.98 Å². The van der Waals surface area contributed by atoms with E-state index in [-0.39, 0.29) is 0 Å². The summed E-state index contributed by atoms with van der Waals surface area (Å²) in [6, 6.07) is 68.0. The van der Waals surface area contributed by atoms with Crippen LogP contribution in [0, 0.1) is 0 Å². The number of fused-ring (bicyclic) bond motifs is 7. The van der Waals surface area contributed by atoms with Crippen LogP contribution >= 0.6 is 11.3 Å². The average Bonchev–Trinajstić information content (AvgIpc) is 3.91. The Balaban J connectivity index is 1.03. The number of thiazole rings is 1. The predicted molar refractivity (Wildman–Crippen MR) is 225 cm³/mol. The van der Waals surface area contributed by atoms with E-state index in [9.17, 15) is 0 Å². The highest BCUT2D eigenvalue weighted by Gasteiger charge is 2.17. The summed E-state index contributed by atoms with van der Waals surface area (Å²) in [4.78, 5) is 4.96. The summed E-state index contributed by atoms with van der Waals surface area (Å²) in [5.74, 6) is 0. The first-order valence-electron chi connectivity index (χ1n) is 18.0. The van der Waals surface area contributed by atoms with Gasteiger partial charge in [0.1, 0.15) is 5.01 Å². The van der Waals surface area contributed by atoms with Gasteiger partial charge in [0.2, 0.25) is 0 Å². The Morgan fingerprint density at radius 2 is 0.868 bits per heavy atom. The molecule has 11 rings (SSSR count). The molecule has 0 aliphatic rings. The van der Waals surface area contributed by atoms with Gasteiger partial charge < -0.3 is 9.13 Å². The van der Waals surface area contributed by atoms with Crippen molar-refractivity contribution >= 4 is 65.2 Å². The van der Waals surface area contributed by atoms with Gasteiger partial charge in [-0.2, -0.15) is 0 Å². The van der Waals surface area contributed by atoms with Gasteiger partial charge in [0.25, 0.3) is 0 Å². The number of aromatic nitrogens is 3. The molecule has 0 saturated heterocycles. The third-order valence-corrected chi connectivity index (χ3v) is 11.6. The van der Waals surface area contributed by atoms with Crippen molar-refractivity contribution in [2.45, 2.75) is 0 Å².